The highest BCUT2D eigenvalue weighted by molar-refractivity contribution is 6.31. The summed E-state index contributed by atoms with van der Waals surface area (Å²) in [7, 11) is 0. The van der Waals surface area contributed by atoms with E-state index in [9.17, 15) is 4.39 Å². The summed E-state index contributed by atoms with van der Waals surface area (Å²) in [6, 6.07) is 5.97. The Morgan fingerprint density at radius 3 is 2.71 bits per heavy atom. The van der Waals surface area contributed by atoms with Crippen molar-refractivity contribution in [2.24, 2.45) is 5.92 Å². The lowest BCUT2D eigenvalue weighted by atomic mass is 9.94. The maximum atomic E-state index is 13.6. The zero-order valence-corrected chi connectivity index (χ0v) is 11.1. The first kappa shape index (κ1) is 12.8. The van der Waals surface area contributed by atoms with Crippen molar-refractivity contribution >= 4 is 11.6 Å². The van der Waals surface area contributed by atoms with Crippen LogP contribution in [-0.4, -0.2) is 12.1 Å². The van der Waals surface area contributed by atoms with Gasteiger partial charge in [-0.2, -0.15) is 0 Å². The maximum Gasteiger partial charge on any atom is 0.127 e. The van der Waals surface area contributed by atoms with E-state index < -0.39 is 0 Å². The van der Waals surface area contributed by atoms with Crippen molar-refractivity contribution < 1.29 is 4.39 Å². The summed E-state index contributed by atoms with van der Waals surface area (Å²) < 4.78 is 13.6. The fourth-order valence-electron chi connectivity index (χ4n) is 2.01. The predicted molar refractivity (Wildman–Crippen MR) is 69.9 cm³/mol. The van der Waals surface area contributed by atoms with Gasteiger partial charge in [0.2, 0.25) is 0 Å². The molecule has 1 aliphatic rings. The minimum Gasteiger partial charge on any atom is -0.311 e. The average molecular weight is 256 g/mol. The minimum absolute atomic E-state index is 0.192. The lowest BCUT2D eigenvalue weighted by molar-refractivity contribution is 0.391. The van der Waals surface area contributed by atoms with Crippen LogP contribution in [0.5, 0.6) is 0 Å². The fourth-order valence-corrected chi connectivity index (χ4v) is 2.25. The van der Waals surface area contributed by atoms with Crippen LogP contribution in [0.4, 0.5) is 4.39 Å². The average Bonchev–Trinajstić information content (AvgIpc) is 3.07. The lowest BCUT2D eigenvalue weighted by Crippen LogP contribution is -2.34. The quantitative estimate of drug-likeness (QED) is 0.844. The molecule has 1 saturated carbocycles. The Morgan fingerprint density at radius 2 is 2.12 bits per heavy atom. The molecule has 0 saturated heterocycles. The molecule has 0 aromatic heterocycles. The maximum absolute atomic E-state index is 13.6. The molecule has 1 nitrogen and oxygen atoms in total. The number of nitrogens with one attached hydrogen (secondary N) is 1. The number of halogens is 2. The Kier molecular flexibility index (Phi) is 4.05. The van der Waals surface area contributed by atoms with Crippen LogP contribution in [0.2, 0.25) is 5.02 Å². The van der Waals surface area contributed by atoms with Gasteiger partial charge in [-0.3, -0.25) is 0 Å². The van der Waals surface area contributed by atoms with E-state index in [1.807, 2.05) is 0 Å². The van der Waals surface area contributed by atoms with E-state index in [2.05, 4.69) is 19.2 Å². The third-order valence-electron chi connectivity index (χ3n) is 3.52. The van der Waals surface area contributed by atoms with Gasteiger partial charge in [0.1, 0.15) is 5.82 Å². The van der Waals surface area contributed by atoms with Crippen molar-refractivity contribution in [1.29, 1.82) is 0 Å². The van der Waals surface area contributed by atoms with E-state index in [0.717, 1.165) is 0 Å². The van der Waals surface area contributed by atoms with E-state index in [1.165, 1.54) is 18.9 Å². The normalized spacial score (nSPS) is 19.1. The Labute approximate surface area is 107 Å². The Bertz CT molecular complexity index is 370. The SMILES string of the molecule is CC(Cc1c(F)cccc1Cl)C(C)NC1CC1. The molecule has 0 heterocycles. The molecule has 0 spiro atoms. The molecule has 94 valence electrons. The standard InChI is InChI=1S/C14H19ClFN/c1-9(10(2)17-11-6-7-11)8-12-13(15)4-3-5-14(12)16/h3-5,9-11,17H,6-8H2,1-2H3. The van der Waals surface area contributed by atoms with Gasteiger partial charge in [-0.1, -0.05) is 24.6 Å². The van der Waals surface area contributed by atoms with Gasteiger partial charge in [-0.25, -0.2) is 4.39 Å². The molecule has 2 unspecified atom stereocenters. The van der Waals surface area contributed by atoms with Crippen molar-refractivity contribution in [3.05, 3.63) is 34.6 Å². The van der Waals surface area contributed by atoms with Gasteiger partial charge < -0.3 is 5.32 Å². The predicted octanol–water partition coefficient (Wildman–Crippen LogP) is 3.80. The topological polar surface area (TPSA) is 12.0 Å². The zero-order valence-electron chi connectivity index (χ0n) is 10.3. The van der Waals surface area contributed by atoms with E-state index in [1.54, 1.807) is 12.1 Å². The molecule has 17 heavy (non-hydrogen) atoms. The van der Waals surface area contributed by atoms with Crippen molar-refractivity contribution in [3.8, 4) is 0 Å². The Morgan fingerprint density at radius 1 is 1.41 bits per heavy atom. The van der Waals surface area contributed by atoms with Crippen LogP contribution in [0.1, 0.15) is 32.3 Å². The second-order valence-corrected chi connectivity index (χ2v) is 5.52. The number of rotatable bonds is 5. The van der Waals surface area contributed by atoms with Gasteiger partial charge in [-0.05, 0) is 44.2 Å². The molecule has 0 amide bonds. The molecule has 1 fully saturated rings. The molecule has 0 radical (unpaired) electrons. The van der Waals surface area contributed by atoms with Gasteiger partial charge in [0.15, 0.2) is 0 Å². The van der Waals surface area contributed by atoms with Crippen LogP contribution in [0, 0.1) is 11.7 Å². The first-order valence-corrected chi connectivity index (χ1v) is 6.64. The third kappa shape index (κ3) is 3.43. The molecular formula is C14H19ClFN. The van der Waals surface area contributed by atoms with Crippen LogP contribution >= 0.6 is 11.6 Å². The first-order valence-electron chi connectivity index (χ1n) is 6.27. The highest BCUT2D eigenvalue weighted by atomic mass is 35.5. The molecule has 2 atom stereocenters. The lowest BCUT2D eigenvalue weighted by Gasteiger charge is -2.22. The van der Waals surface area contributed by atoms with Crippen LogP contribution in [0.25, 0.3) is 0 Å². The number of hydrogen-bond donors (Lipinski definition) is 1. The molecule has 1 aliphatic carbocycles. The second-order valence-electron chi connectivity index (χ2n) is 5.11. The summed E-state index contributed by atoms with van der Waals surface area (Å²) in [5.74, 6) is 0.188. The first-order chi connectivity index (χ1) is 8.08. The van der Waals surface area contributed by atoms with Crippen molar-refractivity contribution in [1.82, 2.24) is 5.32 Å². The van der Waals surface area contributed by atoms with Gasteiger partial charge in [0.25, 0.3) is 0 Å². The van der Waals surface area contributed by atoms with Crippen LogP contribution in [0.15, 0.2) is 18.2 Å². The molecule has 1 aromatic carbocycles. The van der Waals surface area contributed by atoms with Gasteiger partial charge >= 0.3 is 0 Å². The summed E-state index contributed by atoms with van der Waals surface area (Å²) in [4.78, 5) is 0. The van der Waals surface area contributed by atoms with Crippen LogP contribution in [-0.2, 0) is 6.42 Å². The van der Waals surface area contributed by atoms with Gasteiger partial charge in [0, 0.05) is 22.7 Å². The molecule has 1 aromatic rings. The van der Waals surface area contributed by atoms with Gasteiger partial charge in [0.05, 0.1) is 0 Å². The molecule has 0 aliphatic heterocycles. The minimum atomic E-state index is -0.192. The molecule has 3 heteroatoms. The van der Waals surface area contributed by atoms with E-state index >= 15 is 0 Å². The largest absolute Gasteiger partial charge is 0.311 e. The second kappa shape index (κ2) is 5.36. The van der Waals surface area contributed by atoms with E-state index in [0.29, 0.717) is 35.0 Å². The van der Waals surface area contributed by atoms with Crippen LogP contribution in [0.3, 0.4) is 0 Å². The Hall–Kier alpha value is -0.600. The summed E-state index contributed by atoms with van der Waals surface area (Å²) in [5, 5.41) is 4.08. The fraction of sp³-hybridized carbons (Fsp3) is 0.571. The highest BCUT2D eigenvalue weighted by Gasteiger charge is 2.25. The van der Waals surface area contributed by atoms with Crippen LogP contribution < -0.4 is 5.32 Å². The molecular weight excluding hydrogens is 237 g/mol. The van der Waals surface area contributed by atoms with E-state index in [4.69, 9.17) is 11.6 Å². The van der Waals surface area contributed by atoms with Crippen molar-refractivity contribution in [2.45, 2.75) is 45.2 Å². The monoisotopic (exact) mass is 255 g/mol. The van der Waals surface area contributed by atoms with E-state index in [-0.39, 0.29) is 5.82 Å². The highest BCUT2D eigenvalue weighted by Crippen LogP contribution is 2.25. The van der Waals surface area contributed by atoms with Gasteiger partial charge in [-0.15, -0.1) is 0 Å². The molecule has 0 bridgehead atoms. The summed E-state index contributed by atoms with van der Waals surface area (Å²) in [6.07, 6.45) is 3.24. The van der Waals surface area contributed by atoms with Crippen molar-refractivity contribution in [3.63, 3.8) is 0 Å². The summed E-state index contributed by atoms with van der Waals surface area (Å²) in [6.45, 7) is 4.31. The third-order valence-corrected chi connectivity index (χ3v) is 3.87. The summed E-state index contributed by atoms with van der Waals surface area (Å²) >= 11 is 6.04. The summed E-state index contributed by atoms with van der Waals surface area (Å²) in [5.41, 5.74) is 0.645. The molecule has 1 N–H and O–H groups in total. The Balaban J connectivity index is 1.98. The van der Waals surface area contributed by atoms with Crippen molar-refractivity contribution in [2.75, 3.05) is 0 Å². The zero-order chi connectivity index (χ0) is 12.4. The molecule has 2 rings (SSSR count). The smallest absolute Gasteiger partial charge is 0.127 e. The number of benzene rings is 1. The number of hydrogen-bond acceptors (Lipinski definition) is 1.